The lowest BCUT2D eigenvalue weighted by atomic mass is 9.77. The minimum Gasteiger partial charge on any atom is -0.396 e. The van der Waals surface area contributed by atoms with Gasteiger partial charge in [-0.05, 0) is 24.7 Å². The highest BCUT2D eigenvalue weighted by molar-refractivity contribution is 7.13. The zero-order chi connectivity index (χ0) is 15.7. The number of aromatic nitrogens is 1. The van der Waals surface area contributed by atoms with Crippen LogP contribution in [0.4, 0.5) is 0 Å². The van der Waals surface area contributed by atoms with E-state index in [1.54, 1.807) is 6.20 Å². The monoisotopic (exact) mass is 310 g/mol. The molecule has 1 fully saturated rings. The number of aliphatic hydroxyl groups excluding tert-OH is 1. The summed E-state index contributed by atoms with van der Waals surface area (Å²) in [6.45, 7) is 10.1. The van der Waals surface area contributed by atoms with Gasteiger partial charge in [-0.15, -0.1) is 11.3 Å². The Morgan fingerprint density at radius 2 is 2.05 bits per heavy atom. The van der Waals surface area contributed by atoms with Crippen LogP contribution in [-0.4, -0.2) is 40.6 Å². The van der Waals surface area contributed by atoms with Crippen molar-refractivity contribution in [3.05, 3.63) is 16.1 Å². The topological polar surface area (TPSA) is 53.4 Å². The van der Waals surface area contributed by atoms with Gasteiger partial charge in [-0.2, -0.15) is 0 Å². The third kappa shape index (κ3) is 3.46. The Bertz CT molecular complexity index is 491. The van der Waals surface area contributed by atoms with E-state index in [0.29, 0.717) is 0 Å². The number of carbonyl (C=O) groups excluding carboxylic acids is 1. The second-order valence-electron chi connectivity index (χ2n) is 7.08. The van der Waals surface area contributed by atoms with Crippen LogP contribution in [-0.2, 0) is 5.41 Å². The number of nitrogens with zero attached hydrogens (tertiary/aromatic N) is 2. The van der Waals surface area contributed by atoms with Gasteiger partial charge in [-0.25, -0.2) is 4.98 Å². The molecule has 0 atom stereocenters. The van der Waals surface area contributed by atoms with E-state index in [2.05, 4.69) is 32.7 Å². The quantitative estimate of drug-likeness (QED) is 0.933. The second kappa shape index (κ2) is 6.05. The van der Waals surface area contributed by atoms with Gasteiger partial charge in [0, 0.05) is 25.1 Å². The van der Waals surface area contributed by atoms with Crippen LogP contribution in [0.5, 0.6) is 0 Å². The molecule has 1 N–H and O–H groups in total. The molecular formula is C16H26N2O2S. The summed E-state index contributed by atoms with van der Waals surface area (Å²) in [7, 11) is 0. The van der Waals surface area contributed by atoms with Crippen molar-refractivity contribution in [1.82, 2.24) is 9.88 Å². The van der Waals surface area contributed by atoms with E-state index in [-0.39, 0.29) is 23.3 Å². The van der Waals surface area contributed by atoms with Gasteiger partial charge in [-0.3, -0.25) is 4.79 Å². The van der Waals surface area contributed by atoms with Crippen LogP contribution in [0.15, 0.2) is 6.20 Å². The Morgan fingerprint density at radius 3 is 2.48 bits per heavy atom. The van der Waals surface area contributed by atoms with Crippen molar-refractivity contribution >= 4 is 17.2 Å². The van der Waals surface area contributed by atoms with Crippen molar-refractivity contribution in [3.63, 3.8) is 0 Å². The molecule has 1 aliphatic rings. The van der Waals surface area contributed by atoms with Gasteiger partial charge in [0.1, 0.15) is 4.88 Å². The summed E-state index contributed by atoms with van der Waals surface area (Å²) >= 11 is 1.50. The van der Waals surface area contributed by atoms with Crippen LogP contribution in [0, 0.1) is 5.41 Å². The summed E-state index contributed by atoms with van der Waals surface area (Å²) in [5, 5.41) is 10.6. The zero-order valence-corrected chi connectivity index (χ0v) is 14.3. The third-order valence-corrected chi connectivity index (χ3v) is 5.97. The maximum absolute atomic E-state index is 12.6. The molecule has 1 aromatic rings. The molecule has 4 nitrogen and oxygen atoms in total. The molecule has 2 rings (SSSR count). The molecule has 21 heavy (non-hydrogen) atoms. The second-order valence-corrected chi connectivity index (χ2v) is 8.11. The minimum absolute atomic E-state index is 0.0145. The number of hydrogen-bond acceptors (Lipinski definition) is 4. The van der Waals surface area contributed by atoms with Crippen molar-refractivity contribution < 1.29 is 9.90 Å². The summed E-state index contributed by atoms with van der Waals surface area (Å²) in [4.78, 5) is 19.6. The number of hydrogen-bond donors (Lipinski definition) is 1. The molecule has 1 amide bonds. The first-order valence-corrected chi connectivity index (χ1v) is 8.49. The number of amides is 1. The Balaban J connectivity index is 2.04. The molecule has 0 radical (unpaired) electrons. The lowest BCUT2D eigenvalue weighted by Gasteiger charge is -2.40. The van der Waals surface area contributed by atoms with E-state index in [0.717, 1.165) is 42.2 Å². The molecule has 1 aromatic heterocycles. The first-order valence-electron chi connectivity index (χ1n) is 7.68. The number of piperidine rings is 1. The van der Waals surface area contributed by atoms with Gasteiger partial charge >= 0.3 is 0 Å². The normalized spacial score (nSPS) is 18.8. The molecule has 0 saturated carbocycles. The Hall–Kier alpha value is -0.940. The van der Waals surface area contributed by atoms with E-state index in [1.807, 2.05) is 4.90 Å². The Labute approximate surface area is 131 Å². The molecule has 0 aliphatic carbocycles. The number of thiazole rings is 1. The SMILES string of the molecule is CCC1(CO)CCN(C(=O)c2cnc(C(C)(C)C)s2)CC1. The highest BCUT2D eigenvalue weighted by Gasteiger charge is 2.34. The van der Waals surface area contributed by atoms with E-state index in [1.165, 1.54) is 11.3 Å². The van der Waals surface area contributed by atoms with Gasteiger partial charge in [0.2, 0.25) is 0 Å². The summed E-state index contributed by atoms with van der Waals surface area (Å²) in [6.07, 6.45) is 4.45. The lowest BCUT2D eigenvalue weighted by Crippen LogP contribution is -2.44. The van der Waals surface area contributed by atoms with Gasteiger partial charge in [-0.1, -0.05) is 27.7 Å². The first kappa shape index (κ1) is 16.4. The molecule has 0 bridgehead atoms. The highest BCUT2D eigenvalue weighted by Crippen LogP contribution is 2.35. The van der Waals surface area contributed by atoms with Crippen LogP contribution in [0.25, 0.3) is 0 Å². The van der Waals surface area contributed by atoms with Crippen molar-refractivity contribution in [2.45, 2.75) is 52.4 Å². The Morgan fingerprint density at radius 1 is 1.43 bits per heavy atom. The number of rotatable bonds is 3. The zero-order valence-electron chi connectivity index (χ0n) is 13.5. The summed E-state index contributed by atoms with van der Waals surface area (Å²) in [5.41, 5.74) is 0.000394. The molecule has 1 aliphatic heterocycles. The molecule has 118 valence electrons. The minimum atomic E-state index is -0.0145. The van der Waals surface area contributed by atoms with E-state index < -0.39 is 0 Å². The van der Waals surface area contributed by atoms with E-state index in [4.69, 9.17) is 0 Å². The maximum Gasteiger partial charge on any atom is 0.265 e. The molecule has 2 heterocycles. The lowest BCUT2D eigenvalue weighted by molar-refractivity contribution is 0.0341. The summed E-state index contributed by atoms with van der Waals surface area (Å²) in [6, 6.07) is 0. The largest absolute Gasteiger partial charge is 0.396 e. The predicted octanol–water partition coefficient (Wildman–Crippen LogP) is 3.07. The fourth-order valence-corrected chi connectivity index (χ4v) is 3.62. The summed E-state index contributed by atoms with van der Waals surface area (Å²) in [5.74, 6) is 0.0886. The highest BCUT2D eigenvalue weighted by atomic mass is 32.1. The van der Waals surface area contributed by atoms with Gasteiger partial charge in [0.25, 0.3) is 5.91 Å². The van der Waals surface area contributed by atoms with E-state index in [9.17, 15) is 9.90 Å². The number of aliphatic hydroxyl groups is 1. The van der Waals surface area contributed by atoms with Crippen LogP contribution in [0.2, 0.25) is 0 Å². The molecular weight excluding hydrogens is 284 g/mol. The third-order valence-electron chi connectivity index (χ3n) is 4.55. The smallest absolute Gasteiger partial charge is 0.265 e. The van der Waals surface area contributed by atoms with Crippen molar-refractivity contribution in [2.24, 2.45) is 5.41 Å². The van der Waals surface area contributed by atoms with Crippen LogP contribution < -0.4 is 0 Å². The fourth-order valence-electron chi connectivity index (χ4n) is 2.68. The van der Waals surface area contributed by atoms with Crippen molar-refractivity contribution in [2.75, 3.05) is 19.7 Å². The predicted molar refractivity (Wildman–Crippen MR) is 85.8 cm³/mol. The molecule has 0 unspecified atom stereocenters. The van der Waals surface area contributed by atoms with Gasteiger partial charge in [0.05, 0.1) is 11.2 Å². The average molecular weight is 310 g/mol. The number of carbonyl (C=O) groups is 1. The molecule has 1 saturated heterocycles. The number of likely N-dealkylation sites (tertiary alicyclic amines) is 1. The molecule has 5 heteroatoms. The van der Waals surface area contributed by atoms with Gasteiger partial charge in [0.15, 0.2) is 0 Å². The summed E-state index contributed by atoms with van der Waals surface area (Å²) < 4.78 is 0. The molecule has 0 aromatic carbocycles. The van der Waals surface area contributed by atoms with Gasteiger partial charge < -0.3 is 10.0 Å². The first-order chi connectivity index (χ1) is 9.81. The van der Waals surface area contributed by atoms with E-state index >= 15 is 0 Å². The molecule has 0 spiro atoms. The van der Waals surface area contributed by atoms with Crippen LogP contribution in [0.3, 0.4) is 0 Å². The van der Waals surface area contributed by atoms with Crippen LogP contribution in [0.1, 0.15) is 61.6 Å². The fraction of sp³-hybridized carbons (Fsp3) is 0.750. The standard InChI is InChI=1S/C16H26N2O2S/c1-5-16(11-19)6-8-18(9-7-16)13(20)12-10-17-14(21-12)15(2,3)4/h10,19H,5-9,11H2,1-4H3. The Kier molecular flexibility index (Phi) is 4.73. The van der Waals surface area contributed by atoms with Crippen molar-refractivity contribution in [1.29, 1.82) is 0 Å². The van der Waals surface area contributed by atoms with Crippen molar-refractivity contribution in [3.8, 4) is 0 Å². The van der Waals surface area contributed by atoms with Crippen LogP contribution >= 0.6 is 11.3 Å². The maximum atomic E-state index is 12.6. The average Bonchev–Trinajstić information content (AvgIpc) is 2.96.